The highest BCUT2D eigenvalue weighted by molar-refractivity contribution is 5.75. The van der Waals surface area contributed by atoms with E-state index in [0.717, 1.165) is 17.8 Å². The summed E-state index contributed by atoms with van der Waals surface area (Å²) in [6.45, 7) is 6.86. The number of rotatable bonds is 5. The molecule has 0 aliphatic heterocycles. The molecule has 0 spiro atoms. The number of nitrogens with one attached hydrogen (secondary N) is 2. The number of imidazole rings is 1. The highest BCUT2D eigenvalue weighted by atomic mass is 16.2. The molecule has 0 bridgehead atoms. The first-order chi connectivity index (χ1) is 7.56. The number of aromatic amines is 1. The summed E-state index contributed by atoms with van der Waals surface area (Å²) < 4.78 is 1.60. The lowest BCUT2D eigenvalue weighted by Gasteiger charge is -2.05. The van der Waals surface area contributed by atoms with E-state index in [2.05, 4.69) is 10.3 Å². The van der Waals surface area contributed by atoms with Crippen molar-refractivity contribution in [3.63, 3.8) is 0 Å². The van der Waals surface area contributed by atoms with Crippen molar-refractivity contribution in [2.45, 2.75) is 40.2 Å². The largest absolute Gasteiger partial charge is 0.356 e. The molecular formula is C11H19N3O2. The number of carbonyl (C=O) groups is 1. The summed E-state index contributed by atoms with van der Waals surface area (Å²) >= 11 is 0. The number of carbonyl (C=O) groups excluding carboxylic acids is 1. The van der Waals surface area contributed by atoms with Crippen LogP contribution in [0.15, 0.2) is 4.79 Å². The van der Waals surface area contributed by atoms with Gasteiger partial charge in [0.2, 0.25) is 5.91 Å². The summed E-state index contributed by atoms with van der Waals surface area (Å²) in [6.07, 6.45) is 1.27. The summed E-state index contributed by atoms with van der Waals surface area (Å²) in [5, 5.41) is 2.78. The molecule has 0 fully saturated rings. The normalized spacial score (nSPS) is 10.4. The van der Waals surface area contributed by atoms with Crippen molar-refractivity contribution in [2.75, 3.05) is 6.54 Å². The molecular weight excluding hydrogens is 206 g/mol. The Hall–Kier alpha value is -1.52. The van der Waals surface area contributed by atoms with Crippen molar-refractivity contribution in [1.29, 1.82) is 0 Å². The number of nitrogens with zero attached hydrogens (tertiary/aromatic N) is 1. The van der Waals surface area contributed by atoms with Crippen LogP contribution in [-0.4, -0.2) is 22.0 Å². The van der Waals surface area contributed by atoms with E-state index in [9.17, 15) is 9.59 Å². The molecule has 0 aromatic carbocycles. The van der Waals surface area contributed by atoms with Crippen LogP contribution >= 0.6 is 0 Å². The van der Waals surface area contributed by atoms with E-state index in [0.29, 0.717) is 19.5 Å². The van der Waals surface area contributed by atoms with Crippen LogP contribution in [0.3, 0.4) is 0 Å². The maximum atomic E-state index is 11.5. The molecule has 0 aliphatic carbocycles. The molecule has 16 heavy (non-hydrogen) atoms. The highest BCUT2D eigenvalue weighted by Crippen LogP contribution is 2.00. The molecule has 0 unspecified atom stereocenters. The van der Waals surface area contributed by atoms with E-state index >= 15 is 0 Å². The lowest BCUT2D eigenvalue weighted by Crippen LogP contribution is -2.27. The Bertz CT molecular complexity index is 417. The van der Waals surface area contributed by atoms with Crippen LogP contribution in [0, 0.1) is 13.8 Å². The fourth-order valence-corrected chi connectivity index (χ4v) is 1.51. The Balaban J connectivity index is 2.55. The van der Waals surface area contributed by atoms with Crippen molar-refractivity contribution in [3.05, 3.63) is 21.9 Å². The minimum Gasteiger partial charge on any atom is -0.356 e. The Morgan fingerprint density at radius 1 is 1.44 bits per heavy atom. The Labute approximate surface area is 94.9 Å². The quantitative estimate of drug-likeness (QED) is 0.775. The molecule has 0 radical (unpaired) electrons. The lowest BCUT2D eigenvalue weighted by atomic mass is 10.3. The van der Waals surface area contributed by atoms with Gasteiger partial charge in [-0.05, 0) is 20.3 Å². The molecule has 0 saturated carbocycles. The molecule has 2 N–H and O–H groups in total. The van der Waals surface area contributed by atoms with Crippen LogP contribution in [-0.2, 0) is 11.3 Å². The van der Waals surface area contributed by atoms with E-state index in [4.69, 9.17) is 0 Å². The predicted molar refractivity (Wildman–Crippen MR) is 62.4 cm³/mol. The third kappa shape index (κ3) is 2.98. The van der Waals surface area contributed by atoms with Gasteiger partial charge in [-0.3, -0.25) is 9.36 Å². The summed E-state index contributed by atoms with van der Waals surface area (Å²) in [6, 6.07) is 0. The summed E-state index contributed by atoms with van der Waals surface area (Å²) in [5.41, 5.74) is 1.62. The predicted octanol–water partition coefficient (Wildman–Crippen LogP) is 0.710. The zero-order chi connectivity index (χ0) is 12.1. The standard InChI is InChI=1S/C11H19N3O2/c1-4-6-12-10(15)5-7-14-9(3)8(2)13-11(14)16/h4-7H2,1-3H3,(H,12,15)(H,13,16). The second kappa shape index (κ2) is 5.53. The number of amides is 1. The van der Waals surface area contributed by atoms with Crippen LogP contribution in [0.2, 0.25) is 0 Å². The fraction of sp³-hybridized carbons (Fsp3) is 0.636. The van der Waals surface area contributed by atoms with Crippen molar-refractivity contribution >= 4 is 5.91 Å². The van der Waals surface area contributed by atoms with Crippen molar-refractivity contribution in [1.82, 2.24) is 14.9 Å². The summed E-state index contributed by atoms with van der Waals surface area (Å²) in [5.74, 6) is -0.00740. The third-order valence-corrected chi connectivity index (χ3v) is 2.62. The molecule has 5 nitrogen and oxygen atoms in total. The fourth-order valence-electron chi connectivity index (χ4n) is 1.51. The molecule has 0 saturated heterocycles. The van der Waals surface area contributed by atoms with E-state index in [-0.39, 0.29) is 11.6 Å². The van der Waals surface area contributed by atoms with E-state index in [1.165, 1.54) is 0 Å². The number of aryl methyl sites for hydroxylation is 1. The smallest absolute Gasteiger partial charge is 0.325 e. The van der Waals surface area contributed by atoms with Gasteiger partial charge in [0.1, 0.15) is 0 Å². The molecule has 0 atom stereocenters. The van der Waals surface area contributed by atoms with Crippen LogP contribution < -0.4 is 11.0 Å². The average Bonchev–Trinajstić information content (AvgIpc) is 2.48. The van der Waals surface area contributed by atoms with Gasteiger partial charge in [0.05, 0.1) is 0 Å². The molecule has 1 aromatic heterocycles. The second-order valence-electron chi connectivity index (χ2n) is 3.89. The molecule has 1 aromatic rings. The average molecular weight is 225 g/mol. The number of H-pyrrole nitrogens is 1. The highest BCUT2D eigenvalue weighted by Gasteiger charge is 2.08. The Morgan fingerprint density at radius 2 is 2.12 bits per heavy atom. The maximum absolute atomic E-state index is 11.5. The minimum atomic E-state index is -0.140. The van der Waals surface area contributed by atoms with Gasteiger partial charge >= 0.3 is 5.69 Å². The molecule has 0 aliphatic rings. The summed E-state index contributed by atoms with van der Waals surface area (Å²) in [7, 11) is 0. The van der Waals surface area contributed by atoms with Crippen molar-refractivity contribution < 1.29 is 4.79 Å². The van der Waals surface area contributed by atoms with Crippen molar-refractivity contribution in [3.8, 4) is 0 Å². The van der Waals surface area contributed by atoms with E-state index < -0.39 is 0 Å². The van der Waals surface area contributed by atoms with Crippen LogP contribution in [0.5, 0.6) is 0 Å². The monoisotopic (exact) mass is 225 g/mol. The molecule has 1 rings (SSSR count). The third-order valence-electron chi connectivity index (χ3n) is 2.62. The van der Waals surface area contributed by atoms with Gasteiger partial charge in [-0.1, -0.05) is 6.92 Å². The van der Waals surface area contributed by atoms with Crippen LogP contribution in [0.1, 0.15) is 31.2 Å². The number of aromatic nitrogens is 2. The second-order valence-corrected chi connectivity index (χ2v) is 3.89. The van der Waals surface area contributed by atoms with Gasteiger partial charge in [-0.2, -0.15) is 0 Å². The minimum absolute atomic E-state index is 0.00740. The maximum Gasteiger partial charge on any atom is 0.325 e. The molecule has 1 amide bonds. The van der Waals surface area contributed by atoms with Gasteiger partial charge in [-0.15, -0.1) is 0 Å². The lowest BCUT2D eigenvalue weighted by molar-refractivity contribution is -0.121. The van der Waals surface area contributed by atoms with Gasteiger partial charge in [0, 0.05) is 30.9 Å². The van der Waals surface area contributed by atoms with Crippen molar-refractivity contribution in [2.24, 2.45) is 0 Å². The molecule has 1 heterocycles. The Morgan fingerprint density at radius 3 is 2.62 bits per heavy atom. The SMILES string of the molecule is CCCNC(=O)CCn1c(C)c(C)[nH]c1=O. The Kier molecular flexibility index (Phi) is 4.34. The van der Waals surface area contributed by atoms with Gasteiger partial charge < -0.3 is 10.3 Å². The zero-order valence-electron chi connectivity index (χ0n) is 10.1. The number of hydrogen-bond acceptors (Lipinski definition) is 2. The summed E-state index contributed by atoms with van der Waals surface area (Å²) in [4.78, 5) is 25.5. The number of hydrogen-bond donors (Lipinski definition) is 2. The first-order valence-electron chi connectivity index (χ1n) is 5.59. The molecule has 5 heteroatoms. The van der Waals surface area contributed by atoms with Crippen LogP contribution in [0.25, 0.3) is 0 Å². The van der Waals surface area contributed by atoms with Gasteiger partial charge in [0.25, 0.3) is 0 Å². The van der Waals surface area contributed by atoms with E-state index in [1.54, 1.807) is 4.57 Å². The molecule has 90 valence electrons. The zero-order valence-corrected chi connectivity index (χ0v) is 10.1. The van der Waals surface area contributed by atoms with E-state index in [1.807, 2.05) is 20.8 Å². The van der Waals surface area contributed by atoms with Gasteiger partial charge in [-0.25, -0.2) is 4.79 Å². The topological polar surface area (TPSA) is 66.9 Å². The first-order valence-corrected chi connectivity index (χ1v) is 5.59. The first kappa shape index (κ1) is 12.5. The van der Waals surface area contributed by atoms with Crippen LogP contribution in [0.4, 0.5) is 0 Å². The van der Waals surface area contributed by atoms with Gasteiger partial charge in [0.15, 0.2) is 0 Å².